The van der Waals surface area contributed by atoms with Crippen LogP contribution in [0.4, 0.5) is 5.69 Å². The van der Waals surface area contributed by atoms with Crippen molar-refractivity contribution in [3.8, 4) is 0 Å². The van der Waals surface area contributed by atoms with E-state index < -0.39 is 5.97 Å². The Hall–Kier alpha value is -2.56. The summed E-state index contributed by atoms with van der Waals surface area (Å²) in [6.45, 7) is 1.88. The van der Waals surface area contributed by atoms with E-state index in [0.717, 1.165) is 34.4 Å². The molecule has 0 unspecified atom stereocenters. The first-order valence-electron chi connectivity index (χ1n) is 5.76. The van der Waals surface area contributed by atoms with E-state index in [-0.39, 0.29) is 5.91 Å². The van der Waals surface area contributed by atoms with Gasteiger partial charge < -0.3 is 15.0 Å². The zero-order valence-electron chi connectivity index (χ0n) is 10.7. The van der Waals surface area contributed by atoms with Gasteiger partial charge in [0.05, 0.1) is 5.69 Å². The molecule has 1 aromatic carbocycles. The molecule has 5 heteroatoms. The van der Waals surface area contributed by atoms with Gasteiger partial charge in [0, 0.05) is 35.8 Å². The lowest BCUT2D eigenvalue weighted by Gasteiger charge is -2.15. The van der Waals surface area contributed by atoms with Crippen LogP contribution < -0.4 is 4.90 Å². The number of likely N-dealkylation sites (N-methyl/N-ethyl adjacent to an activating group) is 1. The van der Waals surface area contributed by atoms with Gasteiger partial charge in [-0.15, -0.1) is 0 Å². The predicted molar refractivity (Wildman–Crippen MR) is 73.2 cm³/mol. The van der Waals surface area contributed by atoms with Gasteiger partial charge in [-0.1, -0.05) is 18.2 Å². The molecule has 98 valence electrons. The molecule has 0 aliphatic rings. The summed E-state index contributed by atoms with van der Waals surface area (Å²) >= 11 is 0. The minimum absolute atomic E-state index is 0.379. The number of rotatable bonds is 3. The molecule has 0 atom stereocenters. The van der Waals surface area contributed by atoms with Crippen LogP contribution in [-0.4, -0.2) is 29.0 Å². The average molecular weight is 258 g/mol. The fraction of sp³-hybridized carbons (Fsp3) is 0.143. The molecular formula is C14H14N2O3. The average Bonchev–Trinajstić information content (AvgIpc) is 2.70. The third-order valence-electron chi connectivity index (χ3n) is 2.89. The Morgan fingerprint density at radius 1 is 1.26 bits per heavy atom. The fourth-order valence-electron chi connectivity index (χ4n) is 2.06. The van der Waals surface area contributed by atoms with Crippen LogP contribution in [0.2, 0.25) is 0 Å². The Labute approximate surface area is 110 Å². The zero-order valence-corrected chi connectivity index (χ0v) is 10.7. The molecule has 0 bridgehead atoms. The van der Waals surface area contributed by atoms with E-state index in [0.29, 0.717) is 0 Å². The number of carboxylic acids is 1. The van der Waals surface area contributed by atoms with E-state index in [2.05, 4.69) is 4.98 Å². The normalized spacial score (nSPS) is 11.1. The summed E-state index contributed by atoms with van der Waals surface area (Å²) in [5, 5.41) is 9.47. The molecule has 2 aromatic rings. The zero-order chi connectivity index (χ0) is 14.0. The first kappa shape index (κ1) is 12.9. The van der Waals surface area contributed by atoms with Crippen molar-refractivity contribution >= 4 is 28.5 Å². The highest BCUT2D eigenvalue weighted by atomic mass is 16.4. The van der Waals surface area contributed by atoms with Gasteiger partial charge in [0.15, 0.2) is 0 Å². The van der Waals surface area contributed by atoms with Gasteiger partial charge in [-0.25, -0.2) is 4.79 Å². The maximum absolute atomic E-state index is 11.9. The largest absolute Gasteiger partial charge is 0.478 e. The van der Waals surface area contributed by atoms with Crippen molar-refractivity contribution in [3.05, 3.63) is 42.1 Å². The van der Waals surface area contributed by atoms with Gasteiger partial charge in [-0.05, 0) is 13.0 Å². The highest BCUT2D eigenvalue weighted by Crippen LogP contribution is 2.29. The minimum Gasteiger partial charge on any atom is -0.478 e. The van der Waals surface area contributed by atoms with Gasteiger partial charge in [0.1, 0.15) is 0 Å². The molecule has 0 saturated carbocycles. The summed E-state index contributed by atoms with van der Waals surface area (Å²) in [5.74, 6) is -1.52. The number of carboxylic acid groups (broad SMARTS) is 1. The molecular weight excluding hydrogens is 244 g/mol. The van der Waals surface area contributed by atoms with Crippen LogP contribution in [0, 0.1) is 6.92 Å². The van der Waals surface area contributed by atoms with E-state index in [1.807, 2.05) is 31.2 Å². The van der Waals surface area contributed by atoms with Crippen molar-refractivity contribution in [1.82, 2.24) is 4.98 Å². The number of nitrogens with zero attached hydrogens (tertiary/aromatic N) is 1. The molecule has 2 N–H and O–H groups in total. The molecule has 1 aromatic heterocycles. The van der Waals surface area contributed by atoms with Crippen LogP contribution in [0.25, 0.3) is 10.9 Å². The van der Waals surface area contributed by atoms with E-state index in [4.69, 9.17) is 5.11 Å². The Bertz CT molecular complexity index is 670. The number of hydrogen-bond acceptors (Lipinski definition) is 2. The lowest BCUT2D eigenvalue weighted by atomic mass is 10.2. The number of amides is 1. The second-order valence-corrected chi connectivity index (χ2v) is 4.21. The number of fused-ring (bicyclic) bond motifs is 1. The number of aryl methyl sites for hydroxylation is 1. The Balaban J connectivity index is 2.41. The standard InChI is InChI=1S/C14H14N2O3/c1-9-14(10-5-3-4-6-11(10)15-9)16(2)12(17)7-8-13(18)19/h3-8,15H,1-2H3,(H,18,19)/b8-7+. The molecule has 0 radical (unpaired) electrons. The molecule has 0 spiro atoms. The summed E-state index contributed by atoms with van der Waals surface area (Å²) in [4.78, 5) is 27.0. The van der Waals surface area contributed by atoms with Gasteiger partial charge in [0.2, 0.25) is 0 Å². The highest BCUT2D eigenvalue weighted by Gasteiger charge is 2.16. The van der Waals surface area contributed by atoms with Crippen LogP contribution in [0.1, 0.15) is 5.69 Å². The van der Waals surface area contributed by atoms with Crippen molar-refractivity contribution in [3.63, 3.8) is 0 Å². The maximum atomic E-state index is 11.9. The Morgan fingerprint density at radius 2 is 1.95 bits per heavy atom. The number of carbonyl (C=O) groups is 2. The number of aliphatic carboxylic acids is 1. The Morgan fingerprint density at radius 3 is 2.63 bits per heavy atom. The maximum Gasteiger partial charge on any atom is 0.328 e. The van der Waals surface area contributed by atoms with Gasteiger partial charge in [-0.3, -0.25) is 4.79 Å². The number of para-hydroxylation sites is 1. The van der Waals surface area contributed by atoms with Crippen molar-refractivity contribution in [2.75, 3.05) is 11.9 Å². The molecule has 19 heavy (non-hydrogen) atoms. The number of carbonyl (C=O) groups excluding carboxylic acids is 1. The Kier molecular flexibility index (Phi) is 3.37. The lowest BCUT2D eigenvalue weighted by molar-refractivity contribution is -0.131. The molecule has 2 rings (SSSR count). The van der Waals surface area contributed by atoms with Crippen molar-refractivity contribution < 1.29 is 14.7 Å². The number of benzene rings is 1. The van der Waals surface area contributed by atoms with Crippen molar-refractivity contribution in [1.29, 1.82) is 0 Å². The quantitative estimate of drug-likeness (QED) is 0.828. The molecule has 0 aliphatic heterocycles. The second kappa shape index (κ2) is 4.97. The van der Waals surface area contributed by atoms with Crippen LogP contribution in [0.3, 0.4) is 0 Å². The van der Waals surface area contributed by atoms with Crippen LogP contribution >= 0.6 is 0 Å². The molecule has 1 heterocycles. The number of aromatic amines is 1. The van der Waals surface area contributed by atoms with E-state index in [1.165, 1.54) is 4.90 Å². The third-order valence-corrected chi connectivity index (χ3v) is 2.89. The predicted octanol–water partition coefficient (Wildman–Crippen LogP) is 2.08. The molecule has 5 nitrogen and oxygen atoms in total. The minimum atomic E-state index is -1.14. The lowest BCUT2D eigenvalue weighted by Crippen LogP contribution is -2.24. The van der Waals surface area contributed by atoms with Crippen LogP contribution in [0.5, 0.6) is 0 Å². The summed E-state index contributed by atoms with van der Waals surface area (Å²) in [7, 11) is 1.62. The number of hydrogen-bond donors (Lipinski definition) is 2. The van der Waals surface area contributed by atoms with Gasteiger partial charge >= 0.3 is 5.97 Å². The van der Waals surface area contributed by atoms with Gasteiger partial charge in [-0.2, -0.15) is 0 Å². The number of anilines is 1. The van der Waals surface area contributed by atoms with Crippen LogP contribution in [-0.2, 0) is 9.59 Å². The summed E-state index contributed by atoms with van der Waals surface area (Å²) in [6, 6.07) is 7.65. The second-order valence-electron chi connectivity index (χ2n) is 4.21. The van der Waals surface area contributed by atoms with Gasteiger partial charge in [0.25, 0.3) is 5.91 Å². The smallest absolute Gasteiger partial charge is 0.328 e. The monoisotopic (exact) mass is 258 g/mol. The SMILES string of the molecule is Cc1[nH]c2ccccc2c1N(C)C(=O)/C=C/C(=O)O. The molecule has 1 amide bonds. The summed E-state index contributed by atoms with van der Waals surface area (Å²) < 4.78 is 0. The van der Waals surface area contributed by atoms with Crippen LogP contribution in [0.15, 0.2) is 36.4 Å². The number of nitrogens with one attached hydrogen (secondary N) is 1. The fourth-order valence-corrected chi connectivity index (χ4v) is 2.06. The first-order valence-corrected chi connectivity index (χ1v) is 5.76. The van der Waals surface area contributed by atoms with E-state index >= 15 is 0 Å². The van der Waals surface area contributed by atoms with Crippen molar-refractivity contribution in [2.45, 2.75) is 6.92 Å². The number of H-pyrrole nitrogens is 1. The topological polar surface area (TPSA) is 73.4 Å². The molecule has 0 fully saturated rings. The van der Waals surface area contributed by atoms with E-state index in [1.54, 1.807) is 7.05 Å². The first-order chi connectivity index (χ1) is 9.00. The van der Waals surface area contributed by atoms with E-state index in [9.17, 15) is 9.59 Å². The summed E-state index contributed by atoms with van der Waals surface area (Å²) in [6.07, 6.45) is 1.88. The summed E-state index contributed by atoms with van der Waals surface area (Å²) in [5.41, 5.74) is 2.56. The third kappa shape index (κ3) is 2.49. The number of aromatic nitrogens is 1. The van der Waals surface area contributed by atoms with Crippen molar-refractivity contribution in [2.24, 2.45) is 0 Å². The molecule has 0 aliphatic carbocycles. The molecule has 0 saturated heterocycles. The highest BCUT2D eigenvalue weighted by molar-refractivity contribution is 6.09.